The molecule has 0 aliphatic rings. The number of esters is 1. The molecule has 2 aromatic rings. The third-order valence-corrected chi connectivity index (χ3v) is 3.89. The van der Waals surface area contributed by atoms with Crippen LogP contribution >= 0.6 is 12.4 Å². The van der Waals surface area contributed by atoms with Crippen LogP contribution in [0.15, 0.2) is 42.6 Å². The van der Waals surface area contributed by atoms with Gasteiger partial charge in [-0.2, -0.15) is 0 Å². The van der Waals surface area contributed by atoms with Gasteiger partial charge in [-0.05, 0) is 18.6 Å². The second-order valence-corrected chi connectivity index (χ2v) is 5.66. The predicted molar refractivity (Wildman–Crippen MR) is 99.8 cm³/mol. The molecule has 0 radical (unpaired) electrons. The lowest BCUT2D eigenvalue weighted by molar-refractivity contribution is -0.120. The first-order valence-corrected chi connectivity index (χ1v) is 7.89. The molecule has 25 heavy (non-hydrogen) atoms. The summed E-state index contributed by atoms with van der Waals surface area (Å²) in [5.74, 6) is -1.04. The van der Waals surface area contributed by atoms with E-state index in [1.165, 1.54) is 0 Å². The molecule has 2 atom stereocenters. The molecule has 6 nitrogen and oxygen atoms in total. The van der Waals surface area contributed by atoms with E-state index >= 15 is 0 Å². The summed E-state index contributed by atoms with van der Waals surface area (Å²) >= 11 is 0. The summed E-state index contributed by atoms with van der Waals surface area (Å²) in [5, 5.41) is 2.80. The van der Waals surface area contributed by atoms with Crippen molar-refractivity contribution >= 4 is 30.0 Å². The molecule has 0 spiro atoms. The fraction of sp³-hybridized carbons (Fsp3) is 0.333. The van der Waals surface area contributed by atoms with Gasteiger partial charge >= 0.3 is 5.97 Å². The number of amides is 1. The number of rotatable bonds is 6. The van der Waals surface area contributed by atoms with Crippen LogP contribution in [0.1, 0.15) is 35.9 Å². The molecule has 1 amide bonds. The zero-order valence-electron chi connectivity index (χ0n) is 14.6. The van der Waals surface area contributed by atoms with E-state index in [0.29, 0.717) is 18.0 Å². The maximum absolute atomic E-state index is 12.4. The Labute approximate surface area is 153 Å². The Morgan fingerprint density at radius 2 is 1.92 bits per heavy atom. The Bertz CT molecular complexity index is 716. The molecule has 0 saturated carbocycles. The number of anilines is 1. The van der Waals surface area contributed by atoms with Gasteiger partial charge in [0.2, 0.25) is 5.91 Å². The molecule has 0 aliphatic carbocycles. The number of nitrogens with zero attached hydrogens (tertiary/aromatic N) is 1. The normalized spacial score (nSPS) is 12.6. The standard InChI is InChI=1S/C18H23N3O3.ClH/c1-4-24-18(23)15-10-14(11-21(15)3)20-17(22)12(2)16(19)13-8-6-5-7-9-13;/h5-12,16H,4,19H2,1-3H3,(H,20,22);1H. The zero-order chi connectivity index (χ0) is 17.7. The van der Waals surface area contributed by atoms with E-state index in [9.17, 15) is 9.59 Å². The Hall–Kier alpha value is -2.31. The second kappa shape index (κ2) is 9.25. The molecular weight excluding hydrogens is 342 g/mol. The highest BCUT2D eigenvalue weighted by Gasteiger charge is 2.23. The van der Waals surface area contributed by atoms with Crippen LogP contribution < -0.4 is 11.1 Å². The average Bonchev–Trinajstić information content (AvgIpc) is 2.94. The van der Waals surface area contributed by atoms with Crippen molar-refractivity contribution in [3.63, 3.8) is 0 Å². The van der Waals surface area contributed by atoms with Gasteiger partial charge in [-0.3, -0.25) is 4.79 Å². The van der Waals surface area contributed by atoms with E-state index in [1.54, 1.807) is 37.7 Å². The Morgan fingerprint density at radius 3 is 2.52 bits per heavy atom. The van der Waals surface area contributed by atoms with E-state index in [-0.39, 0.29) is 18.3 Å². The van der Waals surface area contributed by atoms with Crippen LogP contribution in [-0.4, -0.2) is 23.1 Å². The summed E-state index contributed by atoms with van der Waals surface area (Å²) in [7, 11) is 1.72. The van der Waals surface area contributed by atoms with E-state index < -0.39 is 17.9 Å². The number of ether oxygens (including phenoxy) is 1. The Morgan fingerprint density at radius 1 is 1.28 bits per heavy atom. The minimum absolute atomic E-state index is 0. The molecule has 3 N–H and O–H groups in total. The van der Waals surface area contributed by atoms with Gasteiger partial charge in [0.15, 0.2) is 0 Å². The molecule has 0 fully saturated rings. The van der Waals surface area contributed by atoms with Crippen LogP contribution in [0.25, 0.3) is 0 Å². The smallest absolute Gasteiger partial charge is 0.355 e. The van der Waals surface area contributed by atoms with Gasteiger partial charge in [0, 0.05) is 19.3 Å². The zero-order valence-corrected chi connectivity index (χ0v) is 15.4. The molecular formula is C18H24ClN3O3. The fourth-order valence-electron chi connectivity index (χ4n) is 2.42. The number of carbonyl (C=O) groups is 2. The van der Waals surface area contributed by atoms with E-state index in [4.69, 9.17) is 10.5 Å². The van der Waals surface area contributed by atoms with Crippen LogP contribution in [0.5, 0.6) is 0 Å². The molecule has 1 aromatic carbocycles. The first-order valence-electron chi connectivity index (χ1n) is 7.89. The molecule has 2 unspecified atom stereocenters. The lowest BCUT2D eigenvalue weighted by Gasteiger charge is -2.19. The van der Waals surface area contributed by atoms with Crippen LogP contribution in [0.4, 0.5) is 5.69 Å². The summed E-state index contributed by atoms with van der Waals surface area (Å²) in [6, 6.07) is 10.7. The van der Waals surface area contributed by atoms with Crippen molar-refractivity contribution in [3.05, 3.63) is 53.9 Å². The summed E-state index contributed by atoms with van der Waals surface area (Å²) in [5.41, 5.74) is 8.00. The van der Waals surface area contributed by atoms with Crippen LogP contribution in [0.2, 0.25) is 0 Å². The van der Waals surface area contributed by atoms with Crippen molar-refractivity contribution in [1.29, 1.82) is 0 Å². The van der Waals surface area contributed by atoms with Crippen molar-refractivity contribution in [2.45, 2.75) is 19.9 Å². The summed E-state index contributed by atoms with van der Waals surface area (Å²) < 4.78 is 6.60. The number of halogens is 1. The Kier molecular flexibility index (Phi) is 7.67. The number of hydrogen-bond acceptors (Lipinski definition) is 4. The lowest BCUT2D eigenvalue weighted by Crippen LogP contribution is -2.30. The number of aryl methyl sites for hydroxylation is 1. The van der Waals surface area contributed by atoms with Crippen molar-refractivity contribution in [1.82, 2.24) is 4.57 Å². The number of benzene rings is 1. The summed E-state index contributed by atoms with van der Waals surface area (Å²) in [6.07, 6.45) is 1.67. The van der Waals surface area contributed by atoms with Crippen LogP contribution in [-0.2, 0) is 16.6 Å². The fourth-order valence-corrected chi connectivity index (χ4v) is 2.42. The molecule has 1 aromatic heterocycles. The molecule has 2 rings (SSSR count). The molecule has 136 valence electrons. The number of hydrogen-bond donors (Lipinski definition) is 2. The van der Waals surface area contributed by atoms with E-state index in [2.05, 4.69) is 5.32 Å². The number of nitrogens with one attached hydrogen (secondary N) is 1. The van der Waals surface area contributed by atoms with Crippen molar-refractivity contribution in [2.75, 3.05) is 11.9 Å². The van der Waals surface area contributed by atoms with Gasteiger partial charge in [-0.25, -0.2) is 4.79 Å². The van der Waals surface area contributed by atoms with Gasteiger partial charge in [-0.1, -0.05) is 37.3 Å². The highest BCUT2D eigenvalue weighted by Crippen LogP contribution is 2.21. The minimum Gasteiger partial charge on any atom is -0.461 e. The van der Waals surface area contributed by atoms with Gasteiger partial charge in [0.25, 0.3) is 0 Å². The van der Waals surface area contributed by atoms with Gasteiger partial charge in [0.1, 0.15) is 5.69 Å². The molecule has 0 saturated heterocycles. The highest BCUT2D eigenvalue weighted by atomic mass is 35.5. The quantitative estimate of drug-likeness (QED) is 0.770. The maximum atomic E-state index is 12.4. The maximum Gasteiger partial charge on any atom is 0.355 e. The minimum atomic E-state index is -0.422. The SMILES string of the molecule is CCOC(=O)c1cc(NC(=O)C(C)C(N)c2ccccc2)cn1C.Cl. The van der Waals surface area contributed by atoms with Crippen LogP contribution in [0, 0.1) is 5.92 Å². The van der Waals surface area contributed by atoms with Gasteiger partial charge in [-0.15, -0.1) is 12.4 Å². The monoisotopic (exact) mass is 365 g/mol. The molecule has 0 bridgehead atoms. The third-order valence-electron chi connectivity index (χ3n) is 3.89. The second-order valence-electron chi connectivity index (χ2n) is 5.66. The molecule has 7 heteroatoms. The average molecular weight is 366 g/mol. The summed E-state index contributed by atoms with van der Waals surface area (Å²) in [6.45, 7) is 3.83. The number of carbonyl (C=O) groups excluding carboxylic acids is 2. The van der Waals surface area contributed by atoms with Crippen molar-refractivity contribution in [2.24, 2.45) is 18.7 Å². The van der Waals surface area contributed by atoms with Gasteiger partial charge in [0.05, 0.1) is 18.2 Å². The van der Waals surface area contributed by atoms with Crippen LogP contribution in [0.3, 0.4) is 0 Å². The first-order chi connectivity index (χ1) is 11.4. The van der Waals surface area contributed by atoms with E-state index in [1.807, 2.05) is 30.3 Å². The third kappa shape index (κ3) is 5.08. The number of aromatic nitrogens is 1. The van der Waals surface area contributed by atoms with Crippen molar-refractivity contribution in [3.8, 4) is 0 Å². The Balaban J connectivity index is 0.00000312. The summed E-state index contributed by atoms with van der Waals surface area (Å²) in [4.78, 5) is 24.2. The first kappa shape index (κ1) is 20.7. The molecule has 0 aliphatic heterocycles. The van der Waals surface area contributed by atoms with E-state index in [0.717, 1.165) is 5.56 Å². The van der Waals surface area contributed by atoms with Gasteiger partial charge < -0.3 is 20.4 Å². The topological polar surface area (TPSA) is 86.3 Å². The number of nitrogens with two attached hydrogens (primary N) is 1. The van der Waals surface area contributed by atoms with Crippen molar-refractivity contribution < 1.29 is 14.3 Å². The predicted octanol–water partition coefficient (Wildman–Crippen LogP) is 2.90. The molecule has 1 heterocycles. The highest BCUT2D eigenvalue weighted by molar-refractivity contribution is 5.95. The lowest BCUT2D eigenvalue weighted by atomic mass is 9.94. The largest absolute Gasteiger partial charge is 0.461 e.